The number of carbonyl (C=O) groups is 1. The summed E-state index contributed by atoms with van der Waals surface area (Å²) in [6, 6.07) is 3.39. The molecule has 0 amide bonds. The Hall–Kier alpha value is -1.49. The fourth-order valence-corrected chi connectivity index (χ4v) is 1.95. The van der Waals surface area contributed by atoms with Crippen LogP contribution in [0.1, 0.15) is 32.3 Å². The van der Waals surface area contributed by atoms with E-state index in [1.165, 1.54) is 6.07 Å². The van der Waals surface area contributed by atoms with E-state index < -0.39 is 17.6 Å². The van der Waals surface area contributed by atoms with Gasteiger partial charge in [-0.1, -0.05) is 19.9 Å². The molecule has 0 aliphatic rings. The summed E-state index contributed by atoms with van der Waals surface area (Å²) >= 11 is 0. The lowest BCUT2D eigenvalue weighted by Crippen LogP contribution is -2.34. The second kappa shape index (κ2) is 7.94. The van der Waals surface area contributed by atoms with Gasteiger partial charge < -0.3 is 10.4 Å². The van der Waals surface area contributed by atoms with Gasteiger partial charge in [0.15, 0.2) is 11.6 Å². The van der Waals surface area contributed by atoms with Gasteiger partial charge in [-0.05, 0) is 43.0 Å². The molecule has 1 atom stereocenters. The van der Waals surface area contributed by atoms with Crippen LogP contribution in [-0.4, -0.2) is 23.7 Å². The molecule has 0 spiro atoms. The Labute approximate surface area is 118 Å². The molecule has 1 unspecified atom stereocenters. The summed E-state index contributed by atoms with van der Waals surface area (Å²) in [6.07, 6.45) is 1.26. The van der Waals surface area contributed by atoms with Crippen molar-refractivity contribution in [2.24, 2.45) is 5.92 Å². The first-order valence-electron chi connectivity index (χ1n) is 6.77. The highest BCUT2D eigenvalue weighted by molar-refractivity contribution is 5.67. The monoisotopic (exact) mass is 285 g/mol. The molecule has 1 aromatic carbocycles. The van der Waals surface area contributed by atoms with E-state index in [4.69, 9.17) is 5.11 Å². The summed E-state index contributed by atoms with van der Waals surface area (Å²) in [6.45, 7) is 4.88. The Morgan fingerprint density at radius 3 is 2.55 bits per heavy atom. The lowest BCUT2D eigenvalue weighted by molar-refractivity contribution is -0.137. The van der Waals surface area contributed by atoms with Crippen molar-refractivity contribution in [3.05, 3.63) is 35.4 Å². The highest BCUT2D eigenvalue weighted by Gasteiger charge is 2.14. The number of halogens is 2. The number of aliphatic carboxylic acids is 1. The number of nitrogens with one attached hydrogen (secondary N) is 1. The summed E-state index contributed by atoms with van der Waals surface area (Å²) < 4.78 is 26.0. The van der Waals surface area contributed by atoms with Crippen LogP contribution in [0.4, 0.5) is 8.78 Å². The number of carboxylic acid groups (broad SMARTS) is 1. The van der Waals surface area contributed by atoms with E-state index in [0.717, 1.165) is 18.6 Å². The first-order valence-corrected chi connectivity index (χ1v) is 6.77. The van der Waals surface area contributed by atoms with E-state index >= 15 is 0 Å². The Morgan fingerprint density at radius 2 is 2.00 bits per heavy atom. The van der Waals surface area contributed by atoms with Crippen molar-refractivity contribution in [3.8, 4) is 0 Å². The van der Waals surface area contributed by atoms with Gasteiger partial charge in [-0.2, -0.15) is 0 Å². The van der Waals surface area contributed by atoms with E-state index in [9.17, 15) is 13.6 Å². The molecule has 2 N–H and O–H groups in total. The molecule has 0 saturated carbocycles. The smallest absolute Gasteiger partial charge is 0.304 e. The zero-order chi connectivity index (χ0) is 15.1. The first-order chi connectivity index (χ1) is 9.38. The minimum Gasteiger partial charge on any atom is -0.481 e. The van der Waals surface area contributed by atoms with Crippen LogP contribution < -0.4 is 5.32 Å². The molecule has 0 bridgehead atoms. The van der Waals surface area contributed by atoms with Crippen molar-refractivity contribution in [3.63, 3.8) is 0 Å². The third-order valence-corrected chi connectivity index (χ3v) is 3.04. The summed E-state index contributed by atoms with van der Waals surface area (Å²) in [5, 5.41) is 12.1. The van der Waals surface area contributed by atoms with Gasteiger partial charge in [-0.3, -0.25) is 4.79 Å². The molecule has 0 heterocycles. The summed E-state index contributed by atoms with van der Waals surface area (Å²) in [7, 11) is 0. The van der Waals surface area contributed by atoms with Crippen molar-refractivity contribution < 1.29 is 18.7 Å². The Kier molecular flexibility index (Phi) is 6.58. The van der Waals surface area contributed by atoms with Crippen LogP contribution in [0.25, 0.3) is 0 Å². The van der Waals surface area contributed by atoms with Crippen LogP contribution in [0.15, 0.2) is 18.2 Å². The van der Waals surface area contributed by atoms with Crippen LogP contribution in [0.3, 0.4) is 0 Å². The predicted octanol–water partition coefficient (Wildman–Crippen LogP) is 2.99. The fraction of sp³-hybridized carbons (Fsp3) is 0.533. The number of hydrogen-bond acceptors (Lipinski definition) is 2. The van der Waals surface area contributed by atoms with Crippen LogP contribution >= 0.6 is 0 Å². The van der Waals surface area contributed by atoms with E-state index in [0.29, 0.717) is 24.4 Å². The van der Waals surface area contributed by atoms with E-state index in [-0.39, 0.29) is 12.5 Å². The van der Waals surface area contributed by atoms with Crippen molar-refractivity contribution in [2.75, 3.05) is 6.54 Å². The zero-order valence-electron chi connectivity index (χ0n) is 11.8. The molecule has 5 heteroatoms. The molecule has 1 rings (SSSR count). The summed E-state index contributed by atoms with van der Waals surface area (Å²) in [5.74, 6) is -2.18. The van der Waals surface area contributed by atoms with Gasteiger partial charge in [0.25, 0.3) is 0 Å². The normalized spacial score (nSPS) is 12.7. The number of benzene rings is 1. The van der Waals surface area contributed by atoms with Crippen LogP contribution in [0.5, 0.6) is 0 Å². The molecule has 0 fully saturated rings. The van der Waals surface area contributed by atoms with Gasteiger partial charge >= 0.3 is 5.97 Å². The molecule has 0 aromatic heterocycles. The second-order valence-corrected chi connectivity index (χ2v) is 5.38. The molecule has 1 aromatic rings. The van der Waals surface area contributed by atoms with E-state index in [2.05, 4.69) is 19.2 Å². The molecule has 20 heavy (non-hydrogen) atoms. The first kappa shape index (κ1) is 16.6. The highest BCUT2D eigenvalue weighted by atomic mass is 19.2. The molecule has 0 aliphatic carbocycles. The van der Waals surface area contributed by atoms with Crippen LogP contribution in [0, 0.1) is 17.6 Å². The lowest BCUT2D eigenvalue weighted by Gasteiger charge is -2.18. The molecule has 0 radical (unpaired) electrons. The minimum absolute atomic E-state index is 0.0446. The van der Waals surface area contributed by atoms with E-state index in [1.54, 1.807) is 0 Å². The highest BCUT2D eigenvalue weighted by Crippen LogP contribution is 2.12. The predicted molar refractivity (Wildman–Crippen MR) is 73.6 cm³/mol. The molecular formula is C15H21F2NO2. The van der Waals surface area contributed by atoms with E-state index in [1.807, 2.05) is 0 Å². The Bertz CT molecular complexity index is 449. The number of carboxylic acids is 1. The zero-order valence-corrected chi connectivity index (χ0v) is 11.8. The van der Waals surface area contributed by atoms with Crippen molar-refractivity contribution in [1.29, 1.82) is 0 Å². The molecular weight excluding hydrogens is 264 g/mol. The van der Waals surface area contributed by atoms with Gasteiger partial charge in [0.1, 0.15) is 0 Å². The van der Waals surface area contributed by atoms with Gasteiger partial charge in [-0.15, -0.1) is 0 Å². The Morgan fingerprint density at radius 1 is 1.30 bits per heavy atom. The van der Waals surface area contributed by atoms with Gasteiger partial charge in [0.05, 0.1) is 6.42 Å². The van der Waals surface area contributed by atoms with Gasteiger partial charge in [0, 0.05) is 6.04 Å². The topological polar surface area (TPSA) is 49.3 Å². The van der Waals surface area contributed by atoms with Crippen molar-refractivity contribution in [1.82, 2.24) is 5.32 Å². The average molecular weight is 285 g/mol. The van der Waals surface area contributed by atoms with Crippen LogP contribution in [0.2, 0.25) is 0 Å². The quantitative estimate of drug-likeness (QED) is 0.772. The van der Waals surface area contributed by atoms with Crippen molar-refractivity contribution >= 4 is 5.97 Å². The van der Waals surface area contributed by atoms with Crippen LogP contribution in [-0.2, 0) is 11.2 Å². The third kappa shape index (κ3) is 6.10. The maximum absolute atomic E-state index is 13.1. The van der Waals surface area contributed by atoms with Crippen molar-refractivity contribution in [2.45, 2.75) is 39.2 Å². The molecule has 0 saturated heterocycles. The third-order valence-electron chi connectivity index (χ3n) is 3.04. The molecule has 3 nitrogen and oxygen atoms in total. The molecule has 0 aliphatic heterocycles. The minimum atomic E-state index is -0.908. The maximum atomic E-state index is 13.1. The number of rotatable bonds is 8. The fourth-order valence-electron chi connectivity index (χ4n) is 1.95. The summed E-state index contributed by atoms with van der Waals surface area (Å²) in [4.78, 5) is 10.8. The lowest BCUT2D eigenvalue weighted by atomic mass is 10.0. The average Bonchev–Trinajstić information content (AvgIpc) is 2.32. The second-order valence-electron chi connectivity index (χ2n) is 5.38. The number of hydrogen-bond donors (Lipinski definition) is 2. The molecule has 112 valence electrons. The maximum Gasteiger partial charge on any atom is 0.304 e. The SMILES string of the molecule is CC(C)CCNC(CC(=O)O)Cc1ccc(F)c(F)c1. The van der Waals surface area contributed by atoms with Gasteiger partial charge in [-0.25, -0.2) is 8.78 Å². The largest absolute Gasteiger partial charge is 0.481 e. The van der Waals surface area contributed by atoms with Gasteiger partial charge in [0.2, 0.25) is 0 Å². The summed E-state index contributed by atoms with van der Waals surface area (Å²) in [5.41, 5.74) is 0.590. The Balaban J connectivity index is 2.62. The standard InChI is InChI=1S/C15H21F2NO2/c1-10(2)5-6-18-12(9-15(19)20)7-11-3-4-13(16)14(17)8-11/h3-4,8,10,12,18H,5-7,9H2,1-2H3,(H,19,20).